The molecule has 0 aliphatic rings. The number of amides is 1. The van der Waals surface area contributed by atoms with Crippen LogP contribution in [0.25, 0.3) is 0 Å². The molecule has 1 amide bonds. The quantitative estimate of drug-likeness (QED) is 0.767. The molecule has 1 atom stereocenters. The highest BCUT2D eigenvalue weighted by atomic mass is 16.1. The summed E-state index contributed by atoms with van der Waals surface area (Å²) in [5, 5.41) is 0. The molecular weight excluding hydrogens is 214 g/mol. The van der Waals surface area contributed by atoms with Crippen LogP contribution >= 0.6 is 0 Å². The zero-order valence-corrected chi connectivity index (χ0v) is 10.5. The van der Waals surface area contributed by atoms with Crippen LogP contribution in [0.4, 0.5) is 0 Å². The van der Waals surface area contributed by atoms with Crippen LogP contribution in [0.5, 0.6) is 0 Å². The second-order valence-electron chi connectivity index (χ2n) is 4.11. The van der Waals surface area contributed by atoms with E-state index in [1.54, 1.807) is 0 Å². The van der Waals surface area contributed by atoms with Gasteiger partial charge in [0.2, 0.25) is 5.91 Å². The topological polar surface area (TPSA) is 72.3 Å². The Morgan fingerprint density at radius 3 is 2.41 bits per heavy atom. The number of hydrogen-bond acceptors (Lipinski definition) is 3. The van der Waals surface area contributed by atoms with Crippen LogP contribution in [-0.4, -0.2) is 23.4 Å². The summed E-state index contributed by atoms with van der Waals surface area (Å²) in [7, 11) is 0. The molecule has 0 aliphatic heterocycles. The van der Waals surface area contributed by atoms with Crippen LogP contribution in [0.2, 0.25) is 0 Å². The Bertz CT molecular complexity index is 379. The number of nitrogens with two attached hydrogens (primary N) is 2. The Hall–Kier alpha value is -1.39. The molecule has 94 valence electrons. The zero-order valence-electron chi connectivity index (χ0n) is 10.5. The predicted molar refractivity (Wildman–Crippen MR) is 69.1 cm³/mol. The Kier molecular flexibility index (Phi) is 5.12. The van der Waals surface area contributed by atoms with Crippen molar-refractivity contribution >= 4 is 5.91 Å². The highest BCUT2D eigenvalue weighted by molar-refractivity contribution is 5.79. The molecule has 0 fully saturated rings. The average Bonchev–Trinajstić information content (AvgIpc) is 2.35. The van der Waals surface area contributed by atoms with Gasteiger partial charge >= 0.3 is 0 Å². The second-order valence-corrected chi connectivity index (χ2v) is 4.11. The van der Waals surface area contributed by atoms with Gasteiger partial charge in [-0.2, -0.15) is 0 Å². The van der Waals surface area contributed by atoms with Crippen LogP contribution in [0.1, 0.15) is 25.0 Å². The Labute approximate surface area is 103 Å². The van der Waals surface area contributed by atoms with Crippen LogP contribution < -0.4 is 11.5 Å². The number of primary amides is 1. The summed E-state index contributed by atoms with van der Waals surface area (Å²) in [5.74, 6) is -0.294. The van der Waals surface area contributed by atoms with Crippen LogP contribution in [0, 0.1) is 0 Å². The number of rotatable bonds is 6. The van der Waals surface area contributed by atoms with Crippen LogP contribution in [0.15, 0.2) is 24.3 Å². The van der Waals surface area contributed by atoms with Gasteiger partial charge < -0.3 is 11.5 Å². The first-order valence-electron chi connectivity index (χ1n) is 5.90. The normalized spacial score (nSPS) is 12.7. The molecule has 4 nitrogen and oxygen atoms in total. The van der Waals surface area contributed by atoms with Crippen LogP contribution in [0.3, 0.4) is 0 Å². The van der Waals surface area contributed by atoms with Gasteiger partial charge in [-0.25, -0.2) is 0 Å². The number of carbonyl (C=O) groups is 1. The van der Waals surface area contributed by atoms with E-state index in [1.165, 1.54) is 0 Å². The molecule has 0 spiro atoms. The van der Waals surface area contributed by atoms with Crippen molar-refractivity contribution in [1.29, 1.82) is 0 Å². The highest BCUT2D eigenvalue weighted by Gasteiger charge is 2.18. The fraction of sp³-hybridized carbons (Fsp3) is 0.462. The molecule has 0 bridgehead atoms. The van der Waals surface area contributed by atoms with E-state index in [2.05, 4.69) is 0 Å². The molecular formula is C13H21N3O. The smallest absolute Gasteiger partial charge is 0.234 e. The van der Waals surface area contributed by atoms with Gasteiger partial charge in [-0.05, 0) is 24.6 Å². The third kappa shape index (κ3) is 3.54. The summed E-state index contributed by atoms with van der Waals surface area (Å²) in [6.45, 7) is 5.84. The molecule has 1 unspecified atom stereocenters. The van der Waals surface area contributed by atoms with Crippen molar-refractivity contribution in [2.45, 2.75) is 33.0 Å². The van der Waals surface area contributed by atoms with Gasteiger partial charge in [0, 0.05) is 13.1 Å². The van der Waals surface area contributed by atoms with Crippen molar-refractivity contribution in [2.24, 2.45) is 11.5 Å². The monoisotopic (exact) mass is 235 g/mol. The minimum atomic E-state index is -0.294. The van der Waals surface area contributed by atoms with E-state index in [9.17, 15) is 4.79 Å². The van der Waals surface area contributed by atoms with E-state index in [4.69, 9.17) is 11.5 Å². The largest absolute Gasteiger partial charge is 0.368 e. The maximum Gasteiger partial charge on any atom is 0.234 e. The SMILES string of the molecule is CCN(Cc1ccccc1CN)C(C)C(N)=O. The lowest BCUT2D eigenvalue weighted by Crippen LogP contribution is -2.42. The highest BCUT2D eigenvalue weighted by Crippen LogP contribution is 2.13. The Morgan fingerprint density at radius 2 is 1.94 bits per heavy atom. The molecule has 0 radical (unpaired) electrons. The summed E-state index contributed by atoms with van der Waals surface area (Å²) >= 11 is 0. The maximum absolute atomic E-state index is 11.2. The van der Waals surface area contributed by atoms with Gasteiger partial charge in [-0.15, -0.1) is 0 Å². The van der Waals surface area contributed by atoms with Gasteiger partial charge in [-0.1, -0.05) is 31.2 Å². The van der Waals surface area contributed by atoms with E-state index in [0.717, 1.165) is 17.7 Å². The molecule has 0 saturated heterocycles. The maximum atomic E-state index is 11.2. The Morgan fingerprint density at radius 1 is 1.35 bits per heavy atom. The van der Waals surface area contributed by atoms with E-state index in [0.29, 0.717) is 13.1 Å². The molecule has 0 saturated carbocycles. The van der Waals surface area contributed by atoms with Crippen molar-refractivity contribution in [1.82, 2.24) is 4.90 Å². The summed E-state index contributed by atoms with van der Waals surface area (Å²) in [4.78, 5) is 13.2. The molecule has 0 heterocycles. The second kappa shape index (κ2) is 6.37. The fourth-order valence-corrected chi connectivity index (χ4v) is 1.83. The number of likely N-dealkylation sites (N-methyl/N-ethyl adjacent to an activating group) is 1. The molecule has 17 heavy (non-hydrogen) atoms. The van der Waals surface area contributed by atoms with E-state index < -0.39 is 0 Å². The van der Waals surface area contributed by atoms with Gasteiger partial charge in [0.25, 0.3) is 0 Å². The zero-order chi connectivity index (χ0) is 12.8. The van der Waals surface area contributed by atoms with E-state index >= 15 is 0 Å². The van der Waals surface area contributed by atoms with Gasteiger partial charge in [0.05, 0.1) is 6.04 Å². The summed E-state index contributed by atoms with van der Waals surface area (Å²) < 4.78 is 0. The molecule has 4 heteroatoms. The number of carbonyl (C=O) groups excluding carboxylic acids is 1. The number of benzene rings is 1. The summed E-state index contributed by atoms with van der Waals surface area (Å²) in [5.41, 5.74) is 13.3. The van der Waals surface area contributed by atoms with Crippen molar-refractivity contribution < 1.29 is 4.79 Å². The standard InChI is InChI=1S/C13H21N3O/c1-3-16(10(2)13(15)17)9-12-7-5-4-6-11(12)8-14/h4-7,10H,3,8-9,14H2,1-2H3,(H2,15,17). The summed E-state index contributed by atoms with van der Waals surface area (Å²) in [6.07, 6.45) is 0. The molecule has 1 aromatic rings. The first-order valence-corrected chi connectivity index (χ1v) is 5.90. The van der Waals surface area contributed by atoms with Gasteiger partial charge in [-0.3, -0.25) is 9.69 Å². The lowest BCUT2D eigenvalue weighted by Gasteiger charge is -2.26. The lowest BCUT2D eigenvalue weighted by molar-refractivity contribution is -0.122. The molecule has 1 aromatic carbocycles. The number of hydrogen-bond donors (Lipinski definition) is 2. The van der Waals surface area contributed by atoms with Crippen molar-refractivity contribution in [3.63, 3.8) is 0 Å². The number of nitrogens with zero attached hydrogens (tertiary/aromatic N) is 1. The lowest BCUT2D eigenvalue weighted by atomic mass is 10.1. The van der Waals surface area contributed by atoms with Crippen LogP contribution in [-0.2, 0) is 17.9 Å². The van der Waals surface area contributed by atoms with Crippen molar-refractivity contribution in [2.75, 3.05) is 6.54 Å². The molecule has 0 aromatic heterocycles. The predicted octanol–water partition coefficient (Wildman–Crippen LogP) is 0.841. The third-order valence-corrected chi connectivity index (χ3v) is 3.08. The minimum Gasteiger partial charge on any atom is -0.368 e. The van der Waals surface area contributed by atoms with Gasteiger partial charge in [0.1, 0.15) is 0 Å². The summed E-state index contributed by atoms with van der Waals surface area (Å²) in [6, 6.07) is 7.75. The fourth-order valence-electron chi connectivity index (χ4n) is 1.83. The third-order valence-electron chi connectivity index (χ3n) is 3.08. The molecule has 4 N–H and O–H groups in total. The average molecular weight is 235 g/mol. The first kappa shape index (κ1) is 13.7. The Balaban J connectivity index is 2.83. The van der Waals surface area contributed by atoms with Crippen molar-refractivity contribution in [3.05, 3.63) is 35.4 Å². The molecule has 1 rings (SSSR count). The minimum absolute atomic E-state index is 0.258. The van der Waals surface area contributed by atoms with E-state index in [1.807, 2.05) is 43.0 Å². The van der Waals surface area contributed by atoms with E-state index in [-0.39, 0.29) is 11.9 Å². The first-order chi connectivity index (χ1) is 8.10. The van der Waals surface area contributed by atoms with Gasteiger partial charge in [0.15, 0.2) is 0 Å². The molecule has 0 aliphatic carbocycles. The van der Waals surface area contributed by atoms with Crippen molar-refractivity contribution in [3.8, 4) is 0 Å².